The molecular weight excluding hydrogens is 460 g/mol. The summed E-state index contributed by atoms with van der Waals surface area (Å²) in [6.07, 6.45) is 1.93. The van der Waals surface area contributed by atoms with Crippen LogP contribution in [0.3, 0.4) is 0 Å². The zero-order chi connectivity index (χ0) is 26.2. The van der Waals surface area contributed by atoms with Crippen LogP contribution in [0.4, 0.5) is 17.6 Å². The molecule has 188 valence electrons. The van der Waals surface area contributed by atoms with E-state index in [1.165, 1.54) is 35.7 Å². The number of carbonyl (C=O) groups excluding carboxylic acids is 1. The van der Waals surface area contributed by atoms with Crippen LogP contribution in [0.25, 0.3) is 5.57 Å². The Morgan fingerprint density at radius 2 is 1.94 bits per heavy atom. The van der Waals surface area contributed by atoms with Crippen LogP contribution < -0.4 is 5.73 Å². The van der Waals surface area contributed by atoms with Crippen molar-refractivity contribution in [3.05, 3.63) is 83.7 Å². The van der Waals surface area contributed by atoms with Crippen molar-refractivity contribution in [2.24, 2.45) is 16.8 Å². The Bertz CT molecular complexity index is 1110. The fraction of sp³-hybridized carbons (Fsp3) is 0.346. The molecule has 5 nitrogen and oxygen atoms in total. The molecule has 0 saturated carbocycles. The molecule has 0 bridgehead atoms. The number of primary amides is 1. The Morgan fingerprint density at radius 1 is 1.23 bits per heavy atom. The minimum Gasteiger partial charge on any atom is -0.366 e. The molecule has 1 heterocycles. The lowest BCUT2D eigenvalue weighted by atomic mass is 9.92. The first-order chi connectivity index (χ1) is 16.5. The Hall–Kier alpha value is -3.49. The maximum Gasteiger partial charge on any atom is 0.416 e. The van der Waals surface area contributed by atoms with Gasteiger partial charge in [-0.3, -0.25) is 4.79 Å². The van der Waals surface area contributed by atoms with Crippen molar-refractivity contribution in [1.82, 2.24) is 9.99 Å². The van der Waals surface area contributed by atoms with Crippen LogP contribution in [0.5, 0.6) is 0 Å². The van der Waals surface area contributed by atoms with Gasteiger partial charge in [-0.15, -0.1) is 0 Å². The second-order valence-electron chi connectivity index (χ2n) is 8.15. The van der Waals surface area contributed by atoms with E-state index in [4.69, 9.17) is 5.73 Å². The van der Waals surface area contributed by atoms with Gasteiger partial charge in [0.15, 0.2) is 0 Å². The molecule has 0 saturated heterocycles. The number of hydrogen-bond donors (Lipinski definition) is 1. The van der Waals surface area contributed by atoms with Crippen molar-refractivity contribution < 1.29 is 22.4 Å². The normalized spacial score (nSPS) is 13.5. The zero-order valence-corrected chi connectivity index (χ0v) is 20.1. The van der Waals surface area contributed by atoms with E-state index < -0.39 is 23.6 Å². The summed E-state index contributed by atoms with van der Waals surface area (Å²) in [5, 5.41) is 5.72. The Balaban J connectivity index is 2.67. The molecule has 1 unspecified atom stereocenters. The molecule has 35 heavy (non-hydrogen) atoms. The predicted molar refractivity (Wildman–Crippen MR) is 129 cm³/mol. The molecule has 1 atom stereocenters. The van der Waals surface area contributed by atoms with Crippen molar-refractivity contribution in [2.45, 2.75) is 52.6 Å². The summed E-state index contributed by atoms with van der Waals surface area (Å²) >= 11 is 0. The second kappa shape index (κ2) is 12.3. The lowest BCUT2D eigenvalue weighted by Gasteiger charge is -2.20. The predicted octanol–water partition coefficient (Wildman–Crippen LogP) is 6.30. The highest BCUT2D eigenvalue weighted by Gasteiger charge is 2.32. The van der Waals surface area contributed by atoms with Crippen molar-refractivity contribution in [3.63, 3.8) is 0 Å². The lowest BCUT2D eigenvalue weighted by molar-refractivity contribution is -0.137. The molecule has 2 rings (SSSR count). The Kier molecular flexibility index (Phi) is 9.74. The molecule has 0 aliphatic rings. The summed E-state index contributed by atoms with van der Waals surface area (Å²) in [5.74, 6) is -1.86. The highest BCUT2D eigenvalue weighted by molar-refractivity contribution is 6.18. The Morgan fingerprint density at radius 3 is 2.49 bits per heavy atom. The van der Waals surface area contributed by atoms with Crippen LogP contribution >= 0.6 is 0 Å². The molecule has 0 aliphatic heterocycles. The SMILES string of the molecule is C=CN(/C=C(\C(N)=O)c1ccnc(F)c1)/N=C(/c1cc(CCCC)cc(C(F)(F)F)c1)C(C)CC. The number of benzene rings is 1. The van der Waals surface area contributed by atoms with Crippen LogP contribution in [-0.4, -0.2) is 21.6 Å². The summed E-state index contributed by atoms with van der Waals surface area (Å²) in [6, 6.07) is 6.42. The van der Waals surface area contributed by atoms with Crippen molar-refractivity contribution in [3.8, 4) is 0 Å². The van der Waals surface area contributed by atoms with E-state index in [1.54, 1.807) is 6.07 Å². The third-order valence-corrected chi connectivity index (χ3v) is 5.49. The number of nitrogens with zero attached hydrogens (tertiary/aromatic N) is 3. The number of alkyl halides is 3. The average molecular weight is 491 g/mol. The molecule has 0 aliphatic carbocycles. The number of nitrogens with two attached hydrogens (primary N) is 1. The first-order valence-electron chi connectivity index (χ1n) is 11.3. The van der Waals surface area contributed by atoms with Gasteiger partial charge in [-0.1, -0.05) is 33.8 Å². The van der Waals surface area contributed by atoms with E-state index in [0.29, 0.717) is 29.7 Å². The minimum atomic E-state index is -4.51. The van der Waals surface area contributed by atoms with Gasteiger partial charge in [0.05, 0.1) is 16.8 Å². The summed E-state index contributed by atoms with van der Waals surface area (Å²) in [6.45, 7) is 9.41. The molecule has 0 fully saturated rings. The number of rotatable bonds is 11. The van der Waals surface area contributed by atoms with E-state index in [1.807, 2.05) is 20.8 Å². The third-order valence-electron chi connectivity index (χ3n) is 5.49. The third kappa shape index (κ3) is 7.77. The molecule has 2 aromatic rings. The van der Waals surface area contributed by atoms with E-state index in [9.17, 15) is 22.4 Å². The number of unbranched alkanes of at least 4 members (excludes halogenated alkanes) is 1. The van der Waals surface area contributed by atoms with Crippen LogP contribution in [0, 0.1) is 11.9 Å². The number of aromatic nitrogens is 1. The molecule has 1 aromatic carbocycles. The highest BCUT2D eigenvalue weighted by Crippen LogP contribution is 2.32. The highest BCUT2D eigenvalue weighted by atomic mass is 19.4. The van der Waals surface area contributed by atoms with Crippen LogP contribution in [0.15, 0.2) is 60.6 Å². The van der Waals surface area contributed by atoms with Gasteiger partial charge in [0, 0.05) is 30.6 Å². The van der Waals surface area contributed by atoms with E-state index in [-0.39, 0.29) is 17.1 Å². The van der Waals surface area contributed by atoms with Crippen molar-refractivity contribution in [1.29, 1.82) is 0 Å². The quantitative estimate of drug-likeness (QED) is 0.132. The van der Waals surface area contributed by atoms with Gasteiger partial charge in [-0.25, -0.2) is 9.99 Å². The Labute approximate surface area is 203 Å². The molecule has 9 heteroatoms. The molecular formula is C26H30F4N4O. The van der Waals surface area contributed by atoms with Crippen molar-refractivity contribution >= 4 is 17.2 Å². The molecule has 0 radical (unpaired) electrons. The molecule has 0 spiro atoms. The van der Waals surface area contributed by atoms with Crippen LogP contribution in [-0.2, 0) is 17.4 Å². The molecule has 2 N–H and O–H groups in total. The minimum absolute atomic E-state index is 0.0638. The standard InChI is InChI=1S/C26H30F4N4O/c1-5-8-9-18-12-20(14-21(13-18)26(28,29)30)24(17(4)6-2)33-34(7-3)16-22(25(31)35)19-10-11-32-23(27)15-19/h7,10-17H,3,5-6,8-9H2,1-2,4H3,(H2,31,35)/b22-16-,33-24+. The fourth-order valence-electron chi connectivity index (χ4n) is 3.39. The summed E-state index contributed by atoms with van der Waals surface area (Å²) in [4.78, 5) is 15.5. The first kappa shape index (κ1) is 27.8. The molecule has 1 aromatic heterocycles. The average Bonchev–Trinajstić information content (AvgIpc) is 2.81. The fourth-order valence-corrected chi connectivity index (χ4v) is 3.39. The van der Waals surface area contributed by atoms with E-state index >= 15 is 0 Å². The van der Waals surface area contributed by atoms with Gasteiger partial charge < -0.3 is 5.73 Å². The topological polar surface area (TPSA) is 71.6 Å². The van der Waals surface area contributed by atoms with Crippen molar-refractivity contribution in [2.75, 3.05) is 0 Å². The number of aryl methyl sites for hydroxylation is 1. The van der Waals surface area contributed by atoms with E-state index in [0.717, 1.165) is 25.0 Å². The summed E-state index contributed by atoms with van der Waals surface area (Å²) in [7, 11) is 0. The van der Waals surface area contributed by atoms with Crippen LogP contribution in [0.2, 0.25) is 0 Å². The number of carbonyl (C=O) groups is 1. The lowest BCUT2D eigenvalue weighted by Crippen LogP contribution is -2.20. The second-order valence-corrected chi connectivity index (χ2v) is 8.15. The molecule has 1 amide bonds. The monoisotopic (exact) mass is 490 g/mol. The van der Waals surface area contributed by atoms with Gasteiger partial charge >= 0.3 is 6.18 Å². The van der Waals surface area contributed by atoms with Gasteiger partial charge in [0.2, 0.25) is 5.95 Å². The van der Waals surface area contributed by atoms with Gasteiger partial charge in [-0.05, 0) is 60.2 Å². The zero-order valence-electron chi connectivity index (χ0n) is 20.1. The number of amides is 1. The maximum absolute atomic E-state index is 13.7. The largest absolute Gasteiger partial charge is 0.416 e. The van der Waals surface area contributed by atoms with Gasteiger partial charge in [-0.2, -0.15) is 22.7 Å². The van der Waals surface area contributed by atoms with Crippen LogP contribution in [0.1, 0.15) is 62.3 Å². The first-order valence-corrected chi connectivity index (χ1v) is 11.3. The number of pyridine rings is 1. The number of hydrogen-bond acceptors (Lipinski definition) is 4. The number of halogens is 4. The summed E-state index contributed by atoms with van der Waals surface area (Å²) in [5.41, 5.74) is 6.15. The summed E-state index contributed by atoms with van der Waals surface area (Å²) < 4.78 is 54.6. The smallest absolute Gasteiger partial charge is 0.366 e. The maximum atomic E-state index is 13.7. The van der Waals surface area contributed by atoms with Gasteiger partial charge in [0.1, 0.15) is 0 Å². The number of hydrazone groups is 1. The van der Waals surface area contributed by atoms with E-state index in [2.05, 4.69) is 16.7 Å². The van der Waals surface area contributed by atoms with Gasteiger partial charge in [0.25, 0.3) is 5.91 Å².